The number of nitrogens with two attached hydrogens (primary N) is 1. The molecule has 0 radical (unpaired) electrons. The van der Waals surface area contributed by atoms with Gasteiger partial charge in [0.1, 0.15) is 10.6 Å². The standard InChI is InChI=1S/C14H14N2O4S/c1-19-8-3-4-10(15)9(7-8)13(17)16-11-5-6-21-12(11)14(18)20-2/h3-7H,15H2,1-2H3,(H,16,17). The number of anilines is 2. The van der Waals surface area contributed by atoms with E-state index in [1.54, 1.807) is 23.6 Å². The Bertz CT molecular complexity index is 681. The molecule has 2 aromatic rings. The van der Waals surface area contributed by atoms with Crippen molar-refractivity contribution in [3.63, 3.8) is 0 Å². The molecule has 0 saturated heterocycles. The number of hydrogen-bond acceptors (Lipinski definition) is 6. The van der Waals surface area contributed by atoms with Crippen LogP contribution in [0.15, 0.2) is 29.6 Å². The van der Waals surface area contributed by atoms with Crippen LogP contribution < -0.4 is 15.8 Å². The summed E-state index contributed by atoms with van der Waals surface area (Å²) >= 11 is 1.19. The van der Waals surface area contributed by atoms with Gasteiger partial charge in [-0.25, -0.2) is 4.79 Å². The highest BCUT2D eigenvalue weighted by atomic mass is 32.1. The molecule has 7 heteroatoms. The lowest BCUT2D eigenvalue weighted by Gasteiger charge is -2.09. The summed E-state index contributed by atoms with van der Waals surface area (Å²) in [5, 5.41) is 4.34. The Morgan fingerprint density at radius 1 is 1.24 bits per heavy atom. The van der Waals surface area contributed by atoms with E-state index in [9.17, 15) is 9.59 Å². The van der Waals surface area contributed by atoms with Gasteiger partial charge in [0.2, 0.25) is 0 Å². The van der Waals surface area contributed by atoms with Crippen LogP contribution in [0.3, 0.4) is 0 Å². The van der Waals surface area contributed by atoms with Gasteiger partial charge in [0.25, 0.3) is 5.91 Å². The van der Waals surface area contributed by atoms with Crippen LogP contribution in [0.4, 0.5) is 11.4 Å². The van der Waals surface area contributed by atoms with Gasteiger partial charge in [-0.3, -0.25) is 4.79 Å². The summed E-state index contributed by atoms with van der Waals surface area (Å²) in [6.45, 7) is 0. The Hall–Kier alpha value is -2.54. The molecule has 1 heterocycles. The molecule has 1 aromatic carbocycles. The zero-order valence-electron chi connectivity index (χ0n) is 11.5. The van der Waals surface area contributed by atoms with Crippen molar-refractivity contribution in [2.24, 2.45) is 0 Å². The minimum absolute atomic E-state index is 0.274. The lowest BCUT2D eigenvalue weighted by molar-refractivity contribution is 0.0607. The number of carbonyl (C=O) groups excluding carboxylic acids is 2. The molecule has 0 unspecified atom stereocenters. The molecule has 0 atom stereocenters. The fourth-order valence-corrected chi connectivity index (χ4v) is 2.47. The lowest BCUT2D eigenvalue weighted by Crippen LogP contribution is -2.15. The Morgan fingerprint density at radius 3 is 2.67 bits per heavy atom. The second-order valence-electron chi connectivity index (χ2n) is 4.06. The van der Waals surface area contributed by atoms with Gasteiger partial charge >= 0.3 is 5.97 Å². The maximum Gasteiger partial charge on any atom is 0.350 e. The number of benzene rings is 1. The highest BCUT2D eigenvalue weighted by molar-refractivity contribution is 7.12. The number of thiophene rings is 1. The Kier molecular flexibility index (Phi) is 4.44. The first-order valence-electron chi connectivity index (χ1n) is 5.97. The molecule has 0 saturated carbocycles. The second-order valence-corrected chi connectivity index (χ2v) is 4.98. The van der Waals surface area contributed by atoms with Crippen LogP contribution in [0.1, 0.15) is 20.0 Å². The summed E-state index contributed by atoms with van der Waals surface area (Å²) in [5.74, 6) is -0.401. The van der Waals surface area contributed by atoms with Crippen LogP contribution in [0, 0.1) is 0 Å². The monoisotopic (exact) mass is 306 g/mol. The molecule has 1 aromatic heterocycles. The topological polar surface area (TPSA) is 90.6 Å². The zero-order valence-corrected chi connectivity index (χ0v) is 12.3. The van der Waals surface area contributed by atoms with E-state index < -0.39 is 11.9 Å². The largest absolute Gasteiger partial charge is 0.497 e. The summed E-state index contributed by atoms with van der Waals surface area (Å²) in [6.07, 6.45) is 0. The molecule has 0 bridgehead atoms. The van der Waals surface area contributed by atoms with Gasteiger partial charge in [-0.15, -0.1) is 11.3 Å². The molecule has 3 N–H and O–H groups in total. The minimum Gasteiger partial charge on any atom is -0.497 e. The molecule has 1 amide bonds. The Labute approximate surface area is 125 Å². The van der Waals surface area contributed by atoms with E-state index in [0.29, 0.717) is 22.0 Å². The van der Waals surface area contributed by atoms with Gasteiger partial charge in [-0.2, -0.15) is 0 Å². The number of nitrogens with one attached hydrogen (secondary N) is 1. The van der Waals surface area contributed by atoms with E-state index in [1.165, 1.54) is 31.6 Å². The minimum atomic E-state index is -0.501. The number of ether oxygens (including phenoxy) is 2. The van der Waals surface area contributed by atoms with Crippen molar-refractivity contribution in [1.82, 2.24) is 0 Å². The first-order valence-corrected chi connectivity index (χ1v) is 6.85. The van der Waals surface area contributed by atoms with Crippen molar-refractivity contribution >= 4 is 34.6 Å². The maximum absolute atomic E-state index is 12.3. The average Bonchev–Trinajstić information content (AvgIpc) is 2.95. The van der Waals surface area contributed by atoms with Crippen LogP contribution in [0.2, 0.25) is 0 Å². The van der Waals surface area contributed by atoms with Gasteiger partial charge in [0.15, 0.2) is 0 Å². The quantitative estimate of drug-likeness (QED) is 0.668. The average molecular weight is 306 g/mol. The van der Waals surface area contributed by atoms with Gasteiger partial charge in [0, 0.05) is 5.69 Å². The van der Waals surface area contributed by atoms with E-state index in [-0.39, 0.29) is 5.56 Å². The lowest BCUT2D eigenvalue weighted by atomic mass is 10.1. The van der Waals surface area contributed by atoms with Gasteiger partial charge < -0.3 is 20.5 Å². The van der Waals surface area contributed by atoms with Crippen LogP contribution >= 0.6 is 11.3 Å². The molecule has 0 aliphatic rings. The van der Waals surface area contributed by atoms with Crippen LogP contribution in [-0.2, 0) is 4.74 Å². The van der Waals surface area contributed by atoms with Gasteiger partial charge in [-0.1, -0.05) is 0 Å². The number of amides is 1. The Morgan fingerprint density at radius 2 is 2.00 bits per heavy atom. The number of hydrogen-bond donors (Lipinski definition) is 2. The summed E-state index contributed by atoms with van der Waals surface area (Å²) < 4.78 is 9.73. The molecule has 0 aliphatic carbocycles. The molecule has 6 nitrogen and oxygen atoms in total. The predicted octanol–water partition coefficient (Wildman–Crippen LogP) is 2.38. The third-order valence-corrected chi connectivity index (χ3v) is 3.68. The van der Waals surface area contributed by atoms with Crippen LogP contribution in [-0.4, -0.2) is 26.1 Å². The number of rotatable bonds is 4. The molecule has 0 spiro atoms. The molecular weight excluding hydrogens is 292 g/mol. The smallest absolute Gasteiger partial charge is 0.350 e. The third-order valence-electron chi connectivity index (χ3n) is 2.79. The normalized spacial score (nSPS) is 10.0. The van der Waals surface area contributed by atoms with E-state index in [2.05, 4.69) is 10.1 Å². The second kappa shape index (κ2) is 6.27. The van der Waals surface area contributed by atoms with E-state index >= 15 is 0 Å². The zero-order chi connectivity index (χ0) is 15.4. The van der Waals surface area contributed by atoms with E-state index in [0.717, 1.165) is 0 Å². The molecule has 2 rings (SSSR count). The van der Waals surface area contributed by atoms with Crippen LogP contribution in [0.5, 0.6) is 5.75 Å². The molecular formula is C14H14N2O4S. The van der Waals surface area contributed by atoms with E-state index in [1.807, 2.05) is 0 Å². The van der Waals surface area contributed by atoms with Gasteiger partial charge in [-0.05, 0) is 29.6 Å². The van der Waals surface area contributed by atoms with Crippen molar-refractivity contribution in [3.05, 3.63) is 40.1 Å². The summed E-state index contributed by atoms with van der Waals surface area (Å²) in [4.78, 5) is 24.2. The first-order chi connectivity index (χ1) is 10.1. The SMILES string of the molecule is COC(=O)c1sccc1NC(=O)c1cc(OC)ccc1N. The third kappa shape index (κ3) is 3.14. The van der Waals surface area contributed by atoms with Crippen molar-refractivity contribution in [2.45, 2.75) is 0 Å². The molecule has 110 valence electrons. The maximum atomic E-state index is 12.3. The predicted molar refractivity (Wildman–Crippen MR) is 81.0 cm³/mol. The summed E-state index contributed by atoms with van der Waals surface area (Å²) in [6, 6.07) is 6.42. The number of methoxy groups -OCH3 is 2. The number of carbonyl (C=O) groups is 2. The number of esters is 1. The molecule has 0 fully saturated rings. The highest BCUT2D eigenvalue weighted by Gasteiger charge is 2.18. The molecule has 21 heavy (non-hydrogen) atoms. The van der Waals surface area contributed by atoms with Crippen molar-refractivity contribution < 1.29 is 19.1 Å². The van der Waals surface area contributed by atoms with Gasteiger partial charge in [0.05, 0.1) is 25.5 Å². The van der Waals surface area contributed by atoms with Crippen molar-refractivity contribution in [1.29, 1.82) is 0 Å². The van der Waals surface area contributed by atoms with Crippen LogP contribution in [0.25, 0.3) is 0 Å². The molecule has 0 aliphatic heterocycles. The Balaban J connectivity index is 2.26. The summed E-state index contributed by atoms with van der Waals surface area (Å²) in [5.41, 5.74) is 6.78. The fraction of sp³-hybridized carbons (Fsp3) is 0.143. The summed E-state index contributed by atoms with van der Waals surface area (Å²) in [7, 11) is 2.79. The fourth-order valence-electron chi connectivity index (χ4n) is 1.71. The van der Waals surface area contributed by atoms with Crippen molar-refractivity contribution in [2.75, 3.05) is 25.3 Å². The highest BCUT2D eigenvalue weighted by Crippen LogP contribution is 2.25. The van der Waals surface area contributed by atoms with Crippen molar-refractivity contribution in [3.8, 4) is 5.75 Å². The first kappa shape index (κ1) is 14.9. The number of nitrogen functional groups attached to an aromatic ring is 1. The van der Waals surface area contributed by atoms with E-state index in [4.69, 9.17) is 10.5 Å².